The molecule has 1 aliphatic heterocycles. The Morgan fingerprint density at radius 2 is 2.12 bits per heavy atom. The van der Waals surface area contributed by atoms with Gasteiger partial charge in [-0.1, -0.05) is 0 Å². The van der Waals surface area contributed by atoms with Crippen molar-refractivity contribution in [3.05, 3.63) is 35.7 Å². The highest BCUT2D eigenvalue weighted by atomic mass is 32.2. The maximum Gasteiger partial charge on any atom is 0.265 e. The molecule has 1 aliphatic rings. The quantitative estimate of drug-likeness (QED) is 0.835. The molecule has 9 heteroatoms. The van der Waals surface area contributed by atoms with Crippen molar-refractivity contribution in [2.24, 2.45) is 0 Å². The van der Waals surface area contributed by atoms with Crippen LogP contribution in [0.1, 0.15) is 25.2 Å². The first-order valence-electron chi connectivity index (χ1n) is 7.94. The standard InChI is InChI=1S/C16H20N4O4S/c1-4-20-12(7-10(2)19-20)9-17-25(22,23)13-5-6-15-14(8-13)18-16(21)11(3)24-15/h5-8,11,17H,4,9H2,1-3H3,(H,18,21)/t11-/m1/s1. The average molecular weight is 364 g/mol. The van der Waals surface area contributed by atoms with E-state index in [4.69, 9.17) is 4.74 Å². The zero-order chi connectivity index (χ0) is 18.2. The minimum Gasteiger partial charge on any atom is -0.479 e. The van der Waals surface area contributed by atoms with Crippen molar-refractivity contribution in [1.82, 2.24) is 14.5 Å². The highest BCUT2D eigenvalue weighted by Crippen LogP contribution is 2.31. The van der Waals surface area contributed by atoms with E-state index in [2.05, 4.69) is 15.1 Å². The van der Waals surface area contributed by atoms with Gasteiger partial charge >= 0.3 is 0 Å². The summed E-state index contributed by atoms with van der Waals surface area (Å²) < 4.78 is 34.8. The molecule has 0 spiro atoms. The molecule has 0 aliphatic carbocycles. The van der Waals surface area contributed by atoms with Crippen LogP contribution < -0.4 is 14.8 Å². The van der Waals surface area contributed by atoms with Crippen LogP contribution in [0, 0.1) is 6.92 Å². The number of ether oxygens (including phenoxy) is 1. The second-order valence-electron chi connectivity index (χ2n) is 5.82. The molecule has 1 atom stereocenters. The second kappa shape index (κ2) is 6.49. The molecule has 8 nitrogen and oxygen atoms in total. The van der Waals surface area contributed by atoms with E-state index >= 15 is 0 Å². The molecule has 0 saturated carbocycles. The van der Waals surface area contributed by atoms with Crippen LogP contribution in [-0.2, 0) is 27.9 Å². The number of rotatable bonds is 5. The first-order valence-corrected chi connectivity index (χ1v) is 9.43. The van der Waals surface area contributed by atoms with Gasteiger partial charge in [-0.2, -0.15) is 5.10 Å². The fourth-order valence-corrected chi connectivity index (χ4v) is 3.65. The lowest BCUT2D eigenvalue weighted by molar-refractivity contribution is -0.122. The number of anilines is 1. The number of fused-ring (bicyclic) bond motifs is 1. The van der Waals surface area contributed by atoms with Gasteiger partial charge in [0.1, 0.15) is 5.75 Å². The predicted molar refractivity (Wildman–Crippen MR) is 91.8 cm³/mol. The van der Waals surface area contributed by atoms with Crippen LogP contribution in [0.15, 0.2) is 29.2 Å². The van der Waals surface area contributed by atoms with E-state index in [-0.39, 0.29) is 17.3 Å². The van der Waals surface area contributed by atoms with Crippen molar-refractivity contribution in [2.75, 3.05) is 5.32 Å². The molecule has 2 N–H and O–H groups in total. The van der Waals surface area contributed by atoms with Crippen molar-refractivity contribution in [1.29, 1.82) is 0 Å². The zero-order valence-corrected chi connectivity index (χ0v) is 15.1. The molecule has 0 saturated heterocycles. The number of amides is 1. The van der Waals surface area contributed by atoms with E-state index in [1.165, 1.54) is 12.1 Å². The number of sulfonamides is 1. The van der Waals surface area contributed by atoms with Gasteiger partial charge in [0.2, 0.25) is 10.0 Å². The molecular formula is C16H20N4O4S. The molecule has 0 bridgehead atoms. The van der Waals surface area contributed by atoms with Gasteiger partial charge in [0, 0.05) is 6.54 Å². The van der Waals surface area contributed by atoms with Gasteiger partial charge < -0.3 is 10.1 Å². The zero-order valence-electron chi connectivity index (χ0n) is 14.2. The van der Waals surface area contributed by atoms with E-state index in [9.17, 15) is 13.2 Å². The van der Waals surface area contributed by atoms with E-state index in [1.54, 1.807) is 17.7 Å². The summed E-state index contributed by atoms with van der Waals surface area (Å²) in [5, 5.41) is 6.94. The lowest BCUT2D eigenvalue weighted by atomic mass is 10.2. The molecule has 3 rings (SSSR count). The fourth-order valence-electron chi connectivity index (χ4n) is 2.62. The number of aryl methyl sites for hydroxylation is 2. The van der Waals surface area contributed by atoms with Crippen molar-refractivity contribution in [2.45, 2.75) is 44.9 Å². The van der Waals surface area contributed by atoms with E-state index < -0.39 is 16.1 Å². The third kappa shape index (κ3) is 3.52. The largest absolute Gasteiger partial charge is 0.479 e. The molecule has 0 radical (unpaired) electrons. The van der Waals surface area contributed by atoms with Crippen LogP contribution in [0.25, 0.3) is 0 Å². The van der Waals surface area contributed by atoms with Gasteiger partial charge in [0.15, 0.2) is 6.10 Å². The number of hydrogen-bond acceptors (Lipinski definition) is 5. The fraction of sp³-hybridized carbons (Fsp3) is 0.375. The first kappa shape index (κ1) is 17.4. The third-order valence-electron chi connectivity index (χ3n) is 3.92. The summed E-state index contributed by atoms with van der Waals surface area (Å²) >= 11 is 0. The number of benzene rings is 1. The van der Waals surface area contributed by atoms with Crippen molar-refractivity contribution < 1.29 is 17.9 Å². The summed E-state index contributed by atoms with van der Waals surface area (Å²) in [4.78, 5) is 11.7. The Hall–Kier alpha value is -2.39. The molecule has 1 aromatic carbocycles. The molecular weight excluding hydrogens is 344 g/mol. The lowest BCUT2D eigenvalue weighted by Crippen LogP contribution is -2.34. The molecule has 1 amide bonds. The third-order valence-corrected chi connectivity index (χ3v) is 5.32. The molecule has 25 heavy (non-hydrogen) atoms. The van der Waals surface area contributed by atoms with E-state index in [0.29, 0.717) is 18.0 Å². The van der Waals surface area contributed by atoms with Crippen LogP contribution in [0.3, 0.4) is 0 Å². The van der Waals surface area contributed by atoms with Crippen LogP contribution in [0.5, 0.6) is 5.75 Å². The molecule has 2 heterocycles. The van der Waals surface area contributed by atoms with Crippen LogP contribution in [-0.4, -0.2) is 30.2 Å². The minimum absolute atomic E-state index is 0.0592. The minimum atomic E-state index is -3.74. The number of nitrogens with zero attached hydrogens (tertiary/aromatic N) is 2. The van der Waals surface area contributed by atoms with Crippen LogP contribution in [0.2, 0.25) is 0 Å². The number of nitrogens with one attached hydrogen (secondary N) is 2. The summed E-state index contributed by atoms with van der Waals surface area (Å²) in [6.45, 7) is 6.22. The van der Waals surface area contributed by atoms with Crippen LogP contribution >= 0.6 is 0 Å². The number of carbonyl (C=O) groups is 1. The summed E-state index contributed by atoms with van der Waals surface area (Å²) in [6, 6.07) is 6.23. The van der Waals surface area contributed by atoms with Gasteiger partial charge in [-0.05, 0) is 45.0 Å². The average Bonchev–Trinajstić information content (AvgIpc) is 2.93. The maximum absolute atomic E-state index is 12.5. The molecule has 134 valence electrons. The Kier molecular flexibility index (Phi) is 4.53. The Labute approximate surface area is 146 Å². The Balaban J connectivity index is 1.81. The summed E-state index contributed by atoms with van der Waals surface area (Å²) in [6.07, 6.45) is -0.606. The smallest absolute Gasteiger partial charge is 0.265 e. The first-order chi connectivity index (χ1) is 11.8. The van der Waals surface area contributed by atoms with Gasteiger partial charge in [0.25, 0.3) is 5.91 Å². The van der Waals surface area contributed by atoms with E-state index in [0.717, 1.165) is 11.4 Å². The van der Waals surface area contributed by atoms with Crippen molar-refractivity contribution in [3.63, 3.8) is 0 Å². The molecule has 1 aromatic heterocycles. The highest BCUT2D eigenvalue weighted by molar-refractivity contribution is 7.89. The highest BCUT2D eigenvalue weighted by Gasteiger charge is 2.25. The SMILES string of the molecule is CCn1nc(C)cc1CNS(=O)(=O)c1ccc2c(c1)NC(=O)[C@@H](C)O2. The van der Waals surface area contributed by atoms with Crippen molar-refractivity contribution in [3.8, 4) is 5.75 Å². The Morgan fingerprint density at radius 3 is 2.84 bits per heavy atom. The monoisotopic (exact) mass is 364 g/mol. The molecule has 2 aromatic rings. The molecule has 0 unspecified atom stereocenters. The number of aromatic nitrogens is 2. The van der Waals surface area contributed by atoms with Gasteiger partial charge in [-0.25, -0.2) is 13.1 Å². The molecule has 0 fully saturated rings. The van der Waals surface area contributed by atoms with Gasteiger partial charge in [-0.15, -0.1) is 0 Å². The summed E-state index contributed by atoms with van der Waals surface area (Å²) in [5.74, 6) is 0.142. The number of hydrogen-bond donors (Lipinski definition) is 2. The van der Waals surface area contributed by atoms with Gasteiger partial charge in [0.05, 0.1) is 28.5 Å². The number of carbonyl (C=O) groups excluding carboxylic acids is 1. The normalized spacial score (nSPS) is 16.9. The second-order valence-corrected chi connectivity index (χ2v) is 7.59. The maximum atomic E-state index is 12.5. The lowest BCUT2D eigenvalue weighted by Gasteiger charge is -2.23. The predicted octanol–water partition coefficient (Wildman–Crippen LogP) is 1.41. The van der Waals surface area contributed by atoms with E-state index in [1.807, 2.05) is 19.9 Å². The van der Waals surface area contributed by atoms with Crippen molar-refractivity contribution >= 4 is 21.6 Å². The Bertz CT molecular complexity index is 920. The topological polar surface area (TPSA) is 102 Å². The summed E-state index contributed by atoms with van der Waals surface area (Å²) in [5.41, 5.74) is 1.96. The summed E-state index contributed by atoms with van der Waals surface area (Å²) in [7, 11) is -3.74. The Morgan fingerprint density at radius 1 is 1.36 bits per heavy atom. The van der Waals surface area contributed by atoms with Gasteiger partial charge in [-0.3, -0.25) is 9.48 Å². The van der Waals surface area contributed by atoms with Crippen LogP contribution in [0.4, 0.5) is 5.69 Å².